The lowest BCUT2D eigenvalue weighted by atomic mass is 10.2. The summed E-state index contributed by atoms with van der Waals surface area (Å²) in [4.78, 5) is 11.4. The maximum Gasteiger partial charge on any atom is 0.340 e. The molecule has 1 rings (SSSR count). The van der Waals surface area contributed by atoms with Crippen LogP contribution in [-0.4, -0.2) is 31.1 Å². The van der Waals surface area contributed by atoms with Gasteiger partial charge in [-0.25, -0.2) is 4.79 Å². The second-order valence-corrected chi connectivity index (χ2v) is 3.01. The fourth-order valence-corrected chi connectivity index (χ4v) is 1.04. The maximum atomic E-state index is 11.4. The van der Waals surface area contributed by atoms with Crippen molar-refractivity contribution in [2.75, 3.05) is 13.7 Å². The van der Waals surface area contributed by atoms with Gasteiger partial charge in [-0.2, -0.15) is 0 Å². The van der Waals surface area contributed by atoms with Crippen LogP contribution in [0.2, 0.25) is 0 Å². The number of carbonyl (C=O) groups excluding carboxylic acids is 1. The highest BCUT2D eigenvalue weighted by molar-refractivity contribution is 5.89. The smallest absolute Gasteiger partial charge is 0.340 e. The molecule has 4 nitrogen and oxygen atoms in total. The van der Waals surface area contributed by atoms with E-state index >= 15 is 0 Å². The summed E-state index contributed by atoms with van der Waals surface area (Å²) >= 11 is 0. The van der Waals surface area contributed by atoms with E-state index in [1.807, 2.05) is 0 Å². The highest BCUT2D eigenvalue weighted by atomic mass is 16.6. The third-order valence-electron chi connectivity index (χ3n) is 1.82. The maximum absolute atomic E-state index is 11.4. The Hall–Kier alpha value is -1.39. The first-order valence-corrected chi connectivity index (χ1v) is 4.67. The van der Waals surface area contributed by atoms with Gasteiger partial charge in [-0.3, -0.25) is 0 Å². The summed E-state index contributed by atoms with van der Waals surface area (Å²) in [7, 11) is 1.52. The minimum absolute atomic E-state index is 0.273. The first-order chi connectivity index (χ1) is 7.24. The second kappa shape index (κ2) is 6.16. The molecule has 0 saturated carbocycles. The lowest BCUT2D eigenvalue weighted by molar-refractivity contribution is -0.0767. The third-order valence-corrected chi connectivity index (χ3v) is 1.82. The predicted octanol–water partition coefficient (Wildman–Crippen LogP) is 1.20. The van der Waals surface area contributed by atoms with Crippen molar-refractivity contribution in [2.45, 2.75) is 12.7 Å². The molecule has 0 amide bonds. The Morgan fingerprint density at radius 1 is 1.40 bits per heavy atom. The van der Waals surface area contributed by atoms with E-state index in [1.165, 1.54) is 7.11 Å². The van der Waals surface area contributed by atoms with Crippen molar-refractivity contribution in [2.24, 2.45) is 0 Å². The number of rotatable bonds is 5. The second-order valence-electron chi connectivity index (χ2n) is 3.01. The Labute approximate surface area is 88.4 Å². The molecular formula is C11H14O4. The van der Waals surface area contributed by atoms with Gasteiger partial charge in [0, 0.05) is 13.5 Å². The summed E-state index contributed by atoms with van der Waals surface area (Å²) in [6.07, 6.45) is -0.840. The number of carbonyl (C=O) groups is 1. The fourth-order valence-electron chi connectivity index (χ4n) is 1.04. The van der Waals surface area contributed by atoms with Crippen molar-refractivity contribution in [3.8, 4) is 0 Å². The van der Waals surface area contributed by atoms with Gasteiger partial charge in [0.05, 0.1) is 12.2 Å². The van der Waals surface area contributed by atoms with Crippen LogP contribution in [0, 0.1) is 0 Å². The summed E-state index contributed by atoms with van der Waals surface area (Å²) in [5.41, 5.74) is 0.425. The molecule has 0 bridgehead atoms. The van der Waals surface area contributed by atoms with Crippen LogP contribution in [0.3, 0.4) is 0 Å². The van der Waals surface area contributed by atoms with E-state index in [1.54, 1.807) is 30.3 Å². The van der Waals surface area contributed by atoms with Gasteiger partial charge in [-0.1, -0.05) is 18.2 Å². The Bertz CT molecular complexity index is 297. The molecule has 1 atom stereocenters. The van der Waals surface area contributed by atoms with E-state index in [0.29, 0.717) is 12.2 Å². The Morgan fingerprint density at radius 3 is 2.67 bits per heavy atom. The van der Waals surface area contributed by atoms with Gasteiger partial charge in [-0.15, -0.1) is 0 Å². The minimum atomic E-state index is -1.11. The highest BCUT2D eigenvalue weighted by Crippen LogP contribution is 2.04. The monoisotopic (exact) mass is 210 g/mol. The molecule has 0 aliphatic carbocycles. The first-order valence-electron chi connectivity index (χ1n) is 4.67. The average molecular weight is 210 g/mol. The van der Waals surface area contributed by atoms with Crippen LogP contribution in [0.1, 0.15) is 16.8 Å². The van der Waals surface area contributed by atoms with Gasteiger partial charge in [-0.05, 0) is 12.1 Å². The number of esters is 1. The fraction of sp³-hybridized carbons (Fsp3) is 0.364. The third kappa shape index (κ3) is 4.10. The van der Waals surface area contributed by atoms with Crippen molar-refractivity contribution in [1.82, 2.24) is 0 Å². The van der Waals surface area contributed by atoms with Crippen LogP contribution in [0.4, 0.5) is 0 Å². The summed E-state index contributed by atoms with van der Waals surface area (Å²) in [5.74, 6) is -0.529. The van der Waals surface area contributed by atoms with E-state index in [0.717, 1.165) is 0 Å². The van der Waals surface area contributed by atoms with E-state index in [2.05, 4.69) is 0 Å². The molecule has 4 heteroatoms. The van der Waals surface area contributed by atoms with Crippen LogP contribution in [0.15, 0.2) is 30.3 Å². The first kappa shape index (κ1) is 11.7. The molecule has 0 spiro atoms. The van der Waals surface area contributed by atoms with Crippen LogP contribution >= 0.6 is 0 Å². The van der Waals surface area contributed by atoms with Crippen LogP contribution in [-0.2, 0) is 9.47 Å². The number of hydrogen-bond acceptors (Lipinski definition) is 4. The zero-order valence-electron chi connectivity index (χ0n) is 8.55. The number of methoxy groups -OCH3 is 1. The van der Waals surface area contributed by atoms with Gasteiger partial charge in [0.1, 0.15) is 0 Å². The molecule has 0 saturated heterocycles. The zero-order chi connectivity index (χ0) is 11.1. The van der Waals surface area contributed by atoms with Gasteiger partial charge < -0.3 is 14.6 Å². The summed E-state index contributed by atoms with van der Waals surface area (Å²) < 4.78 is 9.52. The molecule has 1 unspecified atom stereocenters. The quantitative estimate of drug-likeness (QED) is 0.586. The van der Waals surface area contributed by atoms with Crippen molar-refractivity contribution < 1.29 is 19.4 Å². The van der Waals surface area contributed by atoms with Gasteiger partial charge in [0.25, 0.3) is 0 Å². The van der Waals surface area contributed by atoms with Crippen molar-refractivity contribution in [3.05, 3.63) is 35.9 Å². The standard InChI is InChI=1S/C11H14O4/c1-14-8-7-10(12)15-11(13)9-5-3-2-4-6-9/h2-6,10,12H,7-8H2,1H3. The van der Waals surface area contributed by atoms with Crippen LogP contribution in [0.25, 0.3) is 0 Å². The van der Waals surface area contributed by atoms with E-state index < -0.39 is 12.3 Å². The molecule has 0 fully saturated rings. The van der Waals surface area contributed by atoms with E-state index in [4.69, 9.17) is 9.47 Å². The largest absolute Gasteiger partial charge is 0.432 e. The number of aliphatic hydroxyl groups is 1. The number of ether oxygens (including phenoxy) is 2. The highest BCUT2D eigenvalue weighted by Gasteiger charge is 2.12. The molecular weight excluding hydrogens is 196 g/mol. The molecule has 82 valence electrons. The molecule has 0 radical (unpaired) electrons. The molecule has 1 aromatic rings. The molecule has 1 N–H and O–H groups in total. The van der Waals surface area contributed by atoms with Crippen molar-refractivity contribution >= 4 is 5.97 Å². The number of benzene rings is 1. The number of aliphatic hydroxyl groups excluding tert-OH is 1. The topological polar surface area (TPSA) is 55.8 Å². The Balaban J connectivity index is 2.42. The summed E-state index contributed by atoms with van der Waals surface area (Å²) in [6, 6.07) is 8.53. The SMILES string of the molecule is COCCC(O)OC(=O)c1ccccc1. The molecule has 1 aromatic carbocycles. The molecule has 0 heterocycles. The Kier molecular flexibility index (Phi) is 4.80. The average Bonchev–Trinajstić information content (AvgIpc) is 2.27. The summed E-state index contributed by atoms with van der Waals surface area (Å²) in [5, 5.41) is 9.29. The molecule has 0 aromatic heterocycles. The van der Waals surface area contributed by atoms with Crippen LogP contribution < -0.4 is 0 Å². The van der Waals surface area contributed by atoms with Crippen molar-refractivity contribution in [3.63, 3.8) is 0 Å². The minimum Gasteiger partial charge on any atom is -0.432 e. The van der Waals surface area contributed by atoms with Gasteiger partial charge in [0.15, 0.2) is 0 Å². The van der Waals surface area contributed by atoms with Gasteiger partial charge in [0.2, 0.25) is 6.29 Å². The molecule has 15 heavy (non-hydrogen) atoms. The zero-order valence-corrected chi connectivity index (χ0v) is 8.55. The van der Waals surface area contributed by atoms with Crippen molar-refractivity contribution in [1.29, 1.82) is 0 Å². The van der Waals surface area contributed by atoms with E-state index in [-0.39, 0.29) is 6.42 Å². The lowest BCUT2D eigenvalue weighted by Gasteiger charge is -2.11. The molecule has 0 aliphatic heterocycles. The van der Waals surface area contributed by atoms with Crippen LogP contribution in [0.5, 0.6) is 0 Å². The Morgan fingerprint density at radius 2 is 2.07 bits per heavy atom. The van der Waals surface area contributed by atoms with E-state index in [9.17, 15) is 9.90 Å². The lowest BCUT2D eigenvalue weighted by Crippen LogP contribution is -2.19. The predicted molar refractivity (Wildman–Crippen MR) is 54.4 cm³/mol. The molecule has 0 aliphatic rings. The number of hydrogen-bond donors (Lipinski definition) is 1. The summed E-state index contributed by atoms with van der Waals surface area (Å²) in [6.45, 7) is 0.350. The normalized spacial score (nSPS) is 12.1. The van der Waals surface area contributed by atoms with Gasteiger partial charge >= 0.3 is 5.97 Å².